The van der Waals surface area contributed by atoms with Gasteiger partial charge in [0.05, 0.1) is 17.8 Å². The molecule has 88 valence electrons. The van der Waals surface area contributed by atoms with Crippen LogP contribution in [0.5, 0.6) is 0 Å². The number of nitrogens with two attached hydrogens (primary N) is 1. The standard InChI is InChI=1S/C11H10FN3O2/c12-7-1-3-9(4-2-7)15-10(13)5-8(14-15)6-11(16)17/h1-5H,6,13H2,(H,16,17). The van der Waals surface area contributed by atoms with Crippen molar-refractivity contribution in [1.82, 2.24) is 9.78 Å². The number of anilines is 1. The highest BCUT2D eigenvalue weighted by Crippen LogP contribution is 2.15. The number of nitrogens with zero attached hydrogens (tertiary/aromatic N) is 2. The van der Waals surface area contributed by atoms with Crippen LogP contribution in [0.4, 0.5) is 10.2 Å². The SMILES string of the molecule is Nc1cc(CC(=O)O)nn1-c1ccc(F)cc1. The van der Waals surface area contributed by atoms with Crippen molar-refractivity contribution in [3.05, 3.63) is 41.8 Å². The number of rotatable bonds is 3. The van der Waals surface area contributed by atoms with Crippen molar-refractivity contribution in [2.45, 2.75) is 6.42 Å². The summed E-state index contributed by atoms with van der Waals surface area (Å²) in [6, 6.07) is 7.09. The number of aliphatic carboxylic acids is 1. The first-order valence-electron chi connectivity index (χ1n) is 4.88. The van der Waals surface area contributed by atoms with Crippen molar-refractivity contribution in [3.63, 3.8) is 0 Å². The molecule has 1 aromatic carbocycles. The smallest absolute Gasteiger partial charge is 0.309 e. The third-order valence-corrected chi connectivity index (χ3v) is 2.19. The molecule has 0 amide bonds. The molecule has 17 heavy (non-hydrogen) atoms. The Hall–Kier alpha value is -2.37. The number of benzene rings is 1. The number of hydrogen-bond donors (Lipinski definition) is 2. The first-order chi connectivity index (χ1) is 8.06. The van der Waals surface area contributed by atoms with Gasteiger partial charge in [0.1, 0.15) is 11.6 Å². The first kappa shape index (κ1) is 11.1. The fraction of sp³-hybridized carbons (Fsp3) is 0.0909. The van der Waals surface area contributed by atoms with E-state index in [4.69, 9.17) is 10.8 Å². The number of carboxylic acids is 1. The minimum Gasteiger partial charge on any atom is -0.481 e. The normalized spacial score (nSPS) is 10.4. The Kier molecular flexibility index (Phi) is 2.78. The Labute approximate surface area is 96.3 Å². The minimum absolute atomic E-state index is 0.196. The summed E-state index contributed by atoms with van der Waals surface area (Å²) in [5, 5.41) is 12.7. The Morgan fingerprint density at radius 1 is 1.41 bits per heavy atom. The summed E-state index contributed by atoms with van der Waals surface area (Å²) >= 11 is 0. The van der Waals surface area contributed by atoms with Crippen LogP contribution in [0.2, 0.25) is 0 Å². The second-order valence-corrected chi connectivity index (χ2v) is 3.52. The summed E-state index contributed by atoms with van der Waals surface area (Å²) in [4.78, 5) is 10.5. The predicted molar refractivity (Wildman–Crippen MR) is 59.3 cm³/mol. The quantitative estimate of drug-likeness (QED) is 0.838. The van der Waals surface area contributed by atoms with Crippen molar-refractivity contribution in [3.8, 4) is 5.69 Å². The van der Waals surface area contributed by atoms with Crippen LogP contribution in [0.1, 0.15) is 5.69 Å². The third-order valence-electron chi connectivity index (χ3n) is 2.19. The van der Waals surface area contributed by atoms with Crippen molar-refractivity contribution < 1.29 is 14.3 Å². The average molecular weight is 235 g/mol. The summed E-state index contributed by atoms with van der Waals surface area (Å²) in [6.45, 7) is 0. The van der Waals surface area contributed by atoms with E-state index in [0.29, 0.717) is 17.2 Å². The highest BCUT2D eigenvalue weighted by Gasteiger charge is 2.09. The minimum atomic E-state index is -0.978. The molecule has 0 fully saturated rings. The number of carbonyl (C=O) groups is 1. The van der Waals surface area contributed by atoms with Crippen LogP contribution in [0, 0.1) is 5.82 Å². The van der Waals surface area contributed by atoms with Gasteiger partial charge in [0.2, 0.25) is 0 Å². The van der Waals surface area contributed by atoms with Gasteiger partial charge in [-0.05, 0) is 24.3 Å². The molecule has 2 aromatic rings. The average Bonchev–Trinajstić information content (AvgIpc) is 2.59. The van der Waals surface area contributed by atoms with Gasteiger partial charge in [0.25, 0.3) is 0 Å². The highest BCUT2D eigenvalue weighted by atomic mass is 19.1. The molecule has 0 unspecified atom stereocenters. The molecule has 0 aliphatic rings. The largest absolute Gasteiger partial charge is 0.481 e. The van der Waals surface area contributed by atoms with E-state index >= 15 is 0 Å². The monoisotopic (exact) mass is 235 g/mol. The molecule has 6 heteroatoms. The van der Waals surface area contributed by atoms with Crippen LogP contribution >= 0.6 is 0 Å². The number of aromatic nitrogens is 2. The van der Waals surface area contributed by atoms with Crippen LogP contribution in [-0.2, 0) is 11.2 Å². The highest BCUT2D eigenvalue weighted by molar-refractivity contribution is 5.70. The van der Waals surface area contributed by atoms with Gasteiger partial charge in [-0.3, -0.25) is 4.79 Å². The zero-order valence-electron chi connectivity index (χ0n) is 8.80. The van der Waals surface area contributed by atoms with Crippen molar-refractivity contribution in [1.29, 1.82) is 0 Å². The lowest BCUT2D eigenvalue weighted by molar-refractivity contribution is -0.136. The molecule has 0 bridgehead atoms. The molecule has 0 atom stereocenters. The molecular weight excluding hydrogens is 225 g/mol. The lowest BCUT2D eigenvalue weighted by Crippen LogP contribution is -2.04. The van der Waals surface area contributed by atoms with Crippen LogP contribution in [0.3, 0.4) is 0 Å². The van der Waals surface area contributed by atoms with Gasteiger partial charge < -0.3 is 10.8 Å². The molecule has 0 spiro atoms. The molecule has 1 aromatic heterocycles. The molecule has 5 nitrogen and oxygen atoms in total. The molecule has 1 heterocycles. The molecule has 3 N–H and O–H groups in total. The van der Waals surface area contributed by atoms with Crippen LogP contribution < -0.4 is 5.73 Å². The molecule has 0 aliphatic heterocycles. The van der Waals surface area contributed by atoms with Gasteiger partial charge in [-0.1, -0.05) is 0 Å². The molecule has 0 aliphatic carbocycles. The predicted octanol–water partition coefficient (Wildman–Crippen LogP) is 1.22. The third kappa shape index (κ3) is 2.41. The van der Waals surface area contributed by atoms with E-state index in [0.717, 1.165) is 0 Å². The van der Waals surface area contributed by atoms with E-state index in [1.165, 1.54) is 35.0 Å². The van der Waals surface area contributed by atoms with E-state index in [9.17, 15) is 9.18 Å². The van der Waals surface area contributed by atoms with Crippen molar-refractivity contribution >= 4 is 11.8 Å². The van der Waals surface area contributed by atoms with E-state index in [-0.39, 0.29) is 12.2 Å². The second kappa shape index (κ2) is 4.25. The van der Waals surface area contributed by atoms with Crippen LogP contribution in [0.15, 0.2) is 30.3 Å². The lowest BCUT2D eigenvalue weighted by Gasteiger charge is -2.02. The molecule has 2 rings (SSSR count). The summed E-state index contributed by atoms with van der Waals surface area (Å²) in [5.41, 5.74) is 6.65. The maximum atomic E-state index is 12.7. The van der Waals surface area contributed by atoms with Gasteiger partial charge in [0.15, 0.2) is 0 Å². The Bertz CT molecular complexity index is 548. The van der Waals surface area contributed by atoms with E-state index in [1.54, 1.807) is 0 Å². The Balaban J connectivity index is 2.35. The summed E-state index contributed by atoms with van der Waals surface area (Å²) in [7, 11) is 0. The number of hydrogen-bond acceptors (Lipinski definition) is 3. The summed E-state index contributed by atoms with van der Waals surface area (Å²) < 4.78 is 14.1. The number of nitrogen functional groups attached to an aromatic ring is 1. The van der Waals surface area contributed by atoms with E-state index in [1.807, 2.05) is 0 Å². The Morgan fingerprint density at radius 3 is 2.65 bits per heavy atom. The van der Waals surface area contributed by atoms with E-state index in [2.05, 4.69) is 5.10 Å². The molecule has 0 saturated carbocycles. The van der Waals surface area contributed by atoms with Gasteiger partial charge in [-0.15, -0.1) is 0 Å². The Morgan fingerprint density at radius 2 is 2.06 bits per heavy atom. The fourth-order valence-corrected chi connectivity index (χ4v) is 1.48. The van der Waals surface area contributed by atoms with E-state index < -0.39 is 5.97 Å². The molecule has 0 saturated heterocycles. The molecular formula is C11H10FN3O2. The number of carboxylic acid groups (broad SMARTS) is 1. The van der Waals surface area contributed by atoms with Crippen molar-refractivity contribution in [2.75, 3.05) is 5.73 Å². The number of halogens is 1. The van der Waals surface area contributed by atoms with Crippen molar-refractivity contribution in [2.24, 2.45) is 0 Å². The zero-order valence-corrected chi connectivity index (χ0v) is 8.80. The first-order valence-corrected chi connectivity index (χ1v) is 4.88. The summed E-state index contributed by atoms with van der Waals surface area (Å²) in [5.74, 6) is -1.02. The maximum absolute atomic E-state index is 12.7. The van der Waals surface area contributed by atoms with Gasteiger partial charge >= 0.3 is 5.97 Å². The lowest BCUT2D eigenvalue weighted by atomic mass is 10.3. The molecule has 0 radical (unpaired) electrons. The fourth-order valence-electron chi connectivity index (χ4n) is 1.48. The van der Waals surface area contributed by atoms with Crippen LogP contribution in [0.25, 0.3) is 5.69 Å². The summed E-state index contributed by atoms with van der Waals surface area (Å²) in [6.07, 6.45) is -0.196. The topological polar surface area (TPSA) is 81.1 Å². The van der Waals surface area contributed by atoms with Gasteiger partial charge in [-0.2, -0.15) is 5.10 Å². The maximum Gasteiger partial charge on any atom is 0.309 e. The second-order valence-electron chi connectivity index (χ2n) is 3.52. The van der Waals surface area contributed by atoms with Gasteiger partial charge in [-0.25, -0.2) is 9.07 Å². The van der Waals surface area contributed by atoms with Crippen LogP contribution in [-0.4, -0.2) is 20.9 Å². The zero-order chi connectivity index (χ0) is 12.4. The van der Waals surface area contributed by atoms with Gasteiger partial charge in [0, 0.05) is 6.07 Å².